The van der Waals surface area contributed by atoms with E-state index in [0.717, 1.165) is 5.56 Å². The SMILES string of the molecule is CCOC(=O)[C@H](Cc1ccc(O)cc1)NC(=O)C[NH3+]. The van der Waals surface area contributed by atoms with Gasteiger partial charge in [0.15, 0.2) is 6.54 Å². The third kappa shape index (κ3) is 4.97. The van der Waals surface area contributed by atoms with Crippen LogP contribution in [0.3, 0.4) is 0 Å². The van der Waals surface area contributed by atoms with Crippen molar-refractivity contribution < 1.29 is 25.2 Å². The molecule has 5 N–H and O–H groups in total. The van der Waals surface area contributed by atoms with Crippen LogP contribution < -0.4 is 11.1 Å². The quantitative estimate of drug-likeness (QED) is 0.588. The average molecular weight is 267 g/mol. The number of phenols is 1. The standard InChI is InChI=1S/C13H18N2O4/c1-2-19-13(18)11(15-12(17)8-14)7-9-3-5-10(16)6-4-9/h3-6,11,16H,2,7-8,14H2,1H3,(H,15,17)/p+1/t11-/m0/s1. The van der Waals surface area contributed by atoms with E-state index in [1.165, 1.54) is 12.1 Å². The normalized spacial score (nSPS) is 11.7. The molecule has 1 rings (SSSR count). The fourth-order valence-corrected chi connectivity index (χ4v) is 1.57. The van der Waals surface area contributed by atoms with Gasteiger partial charge in [-0.3, -0.25) is 4.79 Å². The number of carbonyl (C=O) groups is 2. The summed E-state index contributed by atoms with van der Waals surface area (Å²) in [5.74, 6) is -0.632. The van der Waals surface area contributed by atoms with Gasteiger partial charge >= 0.3 is 5.97 Å². The first-order valence-corrected chi connectivity index (χ1v) is 6.10. The maximum absolute atomic E-state index is 11.8. The zero-order chi connectivity index (χ0) is 14.3. The summed E-state index contributed by atoms with van der Waals surface area (Å²) in [6.07, 6.45) is 0.310. The van der Waals surface area contributed by atoms with Gasteiger partial charge in [0.05, 0.1) is 6.61 Å². The minimum atomic E-state index is -0.737. The van der Waals surface area contributed by atoms with Crippen LogP contribution in [-0.4, -0.2) is 36.2 Å². The number of ether oxygens (including phenoxy) is 1. The maximum atomic E-state index is 11.8. The molecule has 0 radical (unpaired) electrons. The Hall–Kier alpha value is -2.08. The van der Waals surface area contributed by atoms with Crippen LogP contribution in [0.4, 0.5) is 0 Å². The van der Waals surface area contributed by atoms with Crippen LogP contribution >= 0.6 is 0 Å². The van der Waals surface area contributed by atoms with E-state index in [-0.39, 0.29) is 24.8 Å². The lowest BCUT2D eigenvalue weighted by molar-refractivity contribution is -0.355. The van der Waals surface area contributed by atoms with Crippen molar-refractivity contribution in [3.8, 4) is 5.75 Å². The largest absolute Gasteiger partial charge is 0.508 e. The Morgan fingerprint density at radius 1 is 1.37 bits per heavy atom. The molecule has 0 bridgehead atoms. The molecule has 6 heteroatoms. The van der Waals surface area contributed by atoms with Crippen molar-refractivity contribution in [1.82, 2.24) is 5.32 Å². The Bertz CT molecular complexity index is 431. The second kappa shape index (κ2) is 7.38. The number of esters is 1. The van der Waals surface area contributed by atoms with Gasteiger partial charge in [0.25, 0.3) is 5.91 Å². The van der Waals surface area contributed by atoms with E-state index in [2.05, 4.69) is 11.1 Å². The summed E-state index contributed by atoms with van der Waals surface area (Å²) >= 11 is 0. The lowest BCUT2D eigenvalue weighted by Crippen LogP contribution is -2.59. The molecule has 0 fully saturated rings. The van der Waals surface area contributed by atoms with Gasteiger partial charge in [0.1, 0.15) is 11.8 Å². The highest BCUT2D eigenvalue weighted by Crippen LogP contribution is 2.11. The number of amides is 1. The average Bonchev–Trinajstić information content (AvgIpc) is 2.40. The summed E-state index contributed by atoms with van der Waals surface area (Å²) in [5.41, 5.74) is 4.29. The molecule has 0 aromatic heterocycles. The first-order chi connectivity index (χ1) is 9.06. The van der Waals surface area contributed by atoms with E-state index in [4.69, 9.17) is 4.74 Å². The summed E-state index contributed by atoms with van der Waals surface area (Å²) < 4.78 is 4.92. The lowest BCUT2D eigenvalue weighted by atomic mass is 10.1. The molecule has 0 spiro atoms. The summed E-state index contributed by atoms with van der Waals surface area (Å²) in [6.45, 7) is 2.02. The van der Waals surface area contributed by atoms with Gasteiger partial charge in [0, 0.05) is 6.42 Å². The number of hydrogen-bond acceptors (Lipinski definition) is 4. The van der Waals surface area contributed by atoms with Crippen LogP contribution in [0.2, 0.25) is 0 Å². The third-order valence-corrected chi connectivity index (χ3v) is 2.51. The van der Waals surface area contributed by atoms with E-state index in [1.807, 2.05) is 0 Å². The molecule has 19 heavy (non-hydrogen) atoms. The second-order valence-electron chi connectivity index (χ2n) is 3.99. The number of phenolic OH excluding ortho intramolecular Hbond substituents is 1. The third-order valence-electron chi connectivity index (χ3n) is 2.51. The summed E-state index contributed by atoms with van der Waals surface area (Å²) in [5, 5.41) is 11.8. The number of quaternary nitrogens is 1. The number of hydrogen-bond donors (Lipinski definition) is 3. The first-order valence-electron chi connectivity index (χ1n) is 6.10. The number of benzene rings is 1. The molecular formula is C13H19N2O4+. The zero-order valence-electron chi connectivity index (χ0n) is 10.9. The van der Waals surface area contributed by atoms with Crippen LogP contribution in [0, 0.1) is 0 Å². The van der Waals surface area contributed by atoms with Crippen LogP contribution in [0.5, 0.6) is 5.75 Å². The molecule has 1 aromatic carbocycles. The van der Waals surface area contributed by atoms with Crippen molar-refractivity contribution in [1.29, 1.82) is 0 Å². The van der Waals surface area contributed by atoms with E-state index in [0.29, 0.717) is 6.42 Å². The Morgan fingerprint density at radius 2 is 2.00 bits per heavy atom. The predicted octanol–water partition coefficient (Wildman–Crippen LogP) is -0.775. The fourth-order valence-electron chi connectivity index (χ4n) is 1.57. The monoisotopic (exact) mass is 267 g/mol. The number of nitrogens with one attached hydrogen (secondary N) is 1. The van der Waals surface area contributed by atoms with Gasteiger partial charge in [-0.1, -0.05) is 12.1 Å². The minimum absolute atomic E-state index is 0.0610. The van der Waals surface area contributed by atoms with Gasteiger partial charge in [-0.25, -0.2) is 4.79 Å². The highest BCUT2D eigenvalue weighted by Gasteiger charge is 2.22. The first kappa shape index (κ1) is 15.0. The van der Waals surface area contributed by atoms with Crippen molar-refractivity contribution >= 4 is 11.9 Å². The van der Waals surface area contributed by atoms with Crippen LogP contribution in [-0.2, 0) is 20.7 Å². The molecular weight excluding hydrogens is 248 g/mol. The minimum Gasteiger partial charge on any atom is -0.508 e. The molecule has 104 valence electrons. The van der Waals surface area contributed by atoms with Crippen LogP contribution in [0.15, 0.2) is 24.3 Å². The molecule has 0 saturated heterocycles. The van der Waals surface area contributed by atoms with Gasteiger partial charge in [-0.15, -0.1) is 0 Å². The Balaban J connectivity index is 2.75. The van der Waals surface area contributed by atoms with Crippen molar-refractivity contribution in [3.63, 3.8) is 0 Å². The van der Waals surface area contributed by atoms with Gasteiger partial charge in [-0.2, -0.15) is 0 Å². The van der Waals surface area contributed by atoms with Gasteiger partial charge in [-0.05, 0) is 24.6 Å². The van der Waals surface area contributed by atoms with Gasteiger partial charge < -0.3 is 20.9 Å². The van der Waals surface area contributed by atoms with E-state index < -0.39 is 12.0 Å². The summed E-state index contributed by atoms with van der Waals surface area (Å²) in [4.78, 5) is 23.1. The smallest absolute Gasteiger partial charge is 0.328 e. The predicted molar refractivity (Wildman–Crippen MR) is 68.1 cm³/mol. The topological polar surface area (TPSA) is 103 Å². The van der Waals surface area contributed by atoms with Crippen LogP contribution in [0.25, 0.3) is 0 Å². The molecule has 0 unspecified atom stereocenters. The molecule has 6 nitrogen and oxygen atoms in total. The molecule has 1 aromatic rings. The van der Waals surface area contributed by atoms with E-state index in [1.54, 1.807) is 19.1 Å². The van der Waals surface area contributed by atoms with Crippen molar-refractivity contribution in [2.75, 3.05) is 13.2 Å². The number of aromatic hydroxyl groups is 1. The zero-order valence-corrected chi connectivity index (χ0v) is 10.9. The maximum Gasteiger partial charge on any atom is 0.328 e. The van der Waals surface area contributed by atoms with E-state index in [9.17, 15) is 14.7 Å². The fraction of sp³-hybridized carbons (Fsp3) is 0.385. The summed E-state index contributed by atoms with van der Waals surface area (Å²) in [7, 11) is 0. The Labute approximate surface area is 111 Å². The highest BCUT2D eigenvalue weighted by molar-refractivity contribution is 5.85. The van der Waals surface area contributed by atoms with Crippen molar-refractivity contribution in [2.45, 2.75) is 19.4 Å². The molecule has 1 amide bonds. The molecule has 0 saturated carbocycles. The van der Waals surface area contributed by atoms with Crippen molar-refractivity contribution in [2.24, 2.45) is 0 Å². The van der Waals surface area contributed by atoms with E-state index >= 15 is 0 Å². The summed E-state index contributed by atoms with van der Waals surface area (Å²) in [6, 6.07) is 5.70. The highest BCUT2D eigenvalue weighted by atomic mass is 16.5. The van der Waals surface area contributed by atoms with Gasteiger partial charge in [0.2, 0.25) is 0 Å². The Kier molecular flexibility index (Phi) is 5.81. The molecule has 0 aliphatic heterocycles. The van der Waals surface area contributed by atoms with Crippen LogP contribution in [0.1, 0.15) is 12.5 Å². The molecule has 1 atom stereocenters. The molecule has 0 heterocycles. The lowest BCUT2D eigenvalue weighted by Gasteiger charge is -2.16. The molecule has 0 aliphatic rings. The Morgan fingerprint density at radius 3 is 2.53 bits per heavy atom. The number of carbonyl (C=O) groups excluding carboxylic acids is 2. The number of rotatable bonds is 6. The second-order valence-corrected chi connectivity index (χ2v) is 3.99. The van der Waals surface area contributed by atoms with Crippen molar-refractivity contribution in [3.05, 3.63) is 29.8 Å². The molecule has 0 aliphatic carbocycles.